The maximum Gasteiger partial charge on any atom is 0.136 e. The molecule has 142 valence electrons. The largest absolute Gasteiger partial charge is 0.396 e. The number of hydrogen-bond donors (Lipinski definition) is 1. The van der Waals surface area contributed by atoms with Crippen LogP contribution in [-0.2, 0) is 9.53 Å². The summed E-state index contributed by atoms with van der Waals surface area (Å²) in [7, 11) is 1.86. The lowest BCUT2D eigenvalue weighted by molar-refractivity contribution is -0.187. The van der Waals surface area contributed by atoms with E-state index in [2.05, 4.69) is 6.92 Å². The van der Waals surface area contributed by atoms with E-state index in [0.29, 0.717) is 29.0 Å². The standard InChI is InChI=1S/C22H36O3/c1-14(24)22-12-19(25-3)20-17(18(22)10-8-16(22)13-23)9-7-15-6-4-5-11-21(15,20)2/h15-20,23H,4-13H2,1-3H3/t15-,16-,17+,18+,19+,20-,21+,22+/m1/s1. The smallest absolute Gasteiger partial charge is 0.136 e. The second-order valence-corrected chi connectivity index (χ2v) is 9.85. The molecule has 4 rings (SSSR count). The molecule has 0 spiro atoms. The number of aliphatic hydroxyl groups is 1. The fourth-order valence-corrected chi connectivity index (χ4v) is 8.31. The quantitative estimate of drug-likeness (QED) is 0.830. The molecule has 0 unspecified atom stereocenters. The van der Waals surface area contributed by atoms with Crippen LogP contribution < -0.4 is 0 Å². The summed E-state index contributed by atoms with van der Waals surface area (Å²) < 4.78 is 6.12. The van der Waals surface area contributed by atoms with E-state index in [9.17, 15) is 9.90 Å². The van der Waals surface area contributed by atoms with Gasteiger partial charge in [0.2, 0.25) is 0 Å². The minimum absolute atomic E-state index is 0.144. The maximum atomic E-state index is 12.9. The van der Waals surface area contributed by atoms with Crippen molar-refractivity contribution in [2.24, 2.45) is 40.4 Å². The molecule has 4 aliphatic carbocycles. The Labute approximate surface area is 152 Å². The van der Waals surface area contributed by atoms with E-state index in [0.717, 1.165) is 25.2 Å². The Morgan fingerprint density at radius 3 is 2.64 bits per heavy atom. The Hall–Kier alpha value is -0.410. The van der Waals surface area contributed by atoms with Crippen molar-refractivity contribution in [1.82, 2.24) is 0 Å². The summed E-state index contributed by atoms with van der Waals surface area (Å²) in [5.41, 5.74) is 0.0660. The van der Waals surface area contributed by atoms with E-state index in [1.54, 1.807) is 6.92 Å². The number of fused-ring (bicyclic) bond motifs is 5. The molecule has 0 aliphatic heterocycles. The third kappa shape index (κ3) is 2.34. The molecule has 1 N–H and O–H groups in total. The van der Waals surface area contributed by atoms with Crippen molar-refractivity contribution in [1.29, 1.82) is 0 Å². The maximum absolute atomic E-state index is 12.9. The Kier molecular flexibility index (Phi) is 4.56. The summed E-state index contributed by atoms with van der Waals surface area (Å²) >= 11 is 0. The van der Waals surface area contributed by atoms with E-state index >= 15 is 0 Å². The lowest BCUT2D eigenvalue weighted by Crippen LogP contribution is -2.61. The molecule has 0 aromatic heterocycles. The fraction of sp³-hybridized carbons (Fsp3) is 0.955. The van der Waals surface area contributed by atoms with Gasteiger partial charge in [0, 0.05) is 19.1 Å². The number of hydrogen-bond acceptors (Lipinski definition) is 3. The second-order valence-electron chi connectivity index (χ2n) is 9.85. The zero-order chi connectivity index (χ0) is 17.8. The van der Waals surface area contributed by atoms with Crippen LogP contribution in [0.15, 0.2) is 0 Å². The number of Topliss-reactive ketones (excluding diaryl/α,β-unsaturated/α-hetero) is 1. The van der Waals surface area contributed by atoms with Gasteiger partial charge in [0.25, 0.3) is 0 Å². The number of ether oxygens (including phenoxy) is 1. The predicted molar refractivity (Wildman–Crippen MR) is 98.1 cm³/mol. The molecule has 0 bridgehead atoms. The van der Waals surface area contributed by atoms with Gasteiger partial charge in [0.1, 0.15) is 5.78 Å². The number of ketones is 1. The monoisotopic (exact) mass is 348 g/mol. The zero-order valence-electron chi connectivity index (χ0n) is 16.3. The van der Waals surface area contributed by atoms with Crippen molar-refractivity contribution >= 4 is 5.78 Å². The van der Waals surface area contributed by atoms with Crippen LogP contribution in [0.1, 0.15) is 71.6 Å². The Balaban J connectivity index is 1.76. The molecule has 4 aliphatic rings. The van der Waals surface area contributed by atoms with Crippen LogP contribution in [0, 0.1) is 40.4 Å². The van der Waals surface area contributed by atoms with Crippen LogP contribution in [-0.4, -0.2) is 30.7 Å². The van der Waals surface area contributed by atoms with E-state index in [4.69, 9.17) is 4.74 Å². The highest BCUT2D eigenvalue weighted by molar-refractivity contribution is 5.84. The lowest BCUT2D eigenvalue weighted by atomic mass is 9.43. The number of rotatable bonds is 3. The van der Waals surface area contributed by atoms with Crippen molar-refractivity contribution in [2.75, 3.05) is 13.7 Å². The zero-order valence-corrected chi connectivity index (χ0v) is 16.3. The third-order valence-corrected chi connectivity index (χ3v) is 9.37. The summed E-state index contributed by atoms with van der Waals surface area (Å²) in [6.45, 7) is 4.48. The molecular formula is C22H36O3. The van der Waals surface area contributed by atoms with Crippen molar-refractivity contribution in [2.45, 2.75) is 77.7 Å². The molecule has 3 nitrogen and oxygen atoms in total. The first-order chi connectivity index (χ1) is 12.0. The molecule has 0 aromatic rings. The van der Waals surface area contributed by atoms with Gasteiger partial charge in [-0.05, 0) is 86.9 Å². The summed E-state index contributed by atoms with van der Waals surface area (Å²) in [6.07, 6.45) is 11.2. The van der Waals surface area contributed by atoms with Gasteiger partial charge < -0.3 is 9.84 Å². The first kappa shape index (κ1) is 18.0. The Morgan fingerprint density at radius 2 is 1.96 bits per heavy atom. The number of aliphatic hydroxyl groups excluding tert-OH is 1. The molecule has 0 radical (unpaired) electrons. The minimum Gasteiger partial charge on any atom is -0.396 e. The number of carbonyl (C=O) groups is 1. The van der Waals surface area contributed by atoms with Gasteiger partial charge in [-0.15, -0.1) is 0 Å². The predicted octanol–water partition coefficient (Wildman–Crippen LogP) is 4.22. The molecule has 25 heavy (non-hydrogen) atoms. The average molecular weight is 349 g/mol. The van der Waals surface area contributed by atoms with E-state index < -0.39 is 0 Å². The van der Waals surface area contributed by atoms with Gasteiger partial charge in [-0.1, -0.05) is 19.8 Å². The molecule has 4 fully saturated rings. The molecule has 4 saturated carbocycles. The van der Waals surface area contributed by atoms with Crippen LogP contribution in [0.5, 0.6) is 0 Å². The van der Waals surface area contributed by atoms with Gasteiger partial charge in [-0.25, -0.2) is 0 Å². The van der Waals surface area contributed by atoms with Crippen molar-refractivity contribution in [3.63, 3.8) is 0 Å². The van der Waals surface area contributed by atoms with Gasteiger partial charge in [0.15, 0.2) is 0 Å². The molecule has 0 saturated heterocycles. The van der Waals surface area contributed by atoms with Gasteiger partial charge in [-0.3, -0.25) is 4.79 Å². The van der Waals surface area contributed by atoms with Crippen LogP contribution in [0.3, 0.4) is 0 Å². The molecule has 8 atom stereocenters. The molecule has 3 heteroatoms. The highest BCUT2D eigenvalue weighted by Crippen LogP contribution is 2.68. The summed E-state index contributed by atoms with van der Waals surface area (Å²) in [5, 5.41) is 10.0. The summed E-state index contributed by atoms with van der Waals surface area (Å²) in [5.74, 6) is 2.99. The van der Waals surface area contributed by atoms with Crippen LogP contribution in [0.4, 0.5) is 0 Å². The van der Waals surface area contributed by atoms with Crippen molar-refractivity contribution in [3.05, 3.63) is 0 Å². The van der Waals surface area contributed by atoms with Crippen LogP contribution in [0.2, 0.25) is 0 Å². The lowest BCUT2D eigenvalue weighted by Gasteiger charge is -2.62. The minimum atomic E-state index is -0.325. The molecule has 0 aromatic carbocycles. The van der Waals surface area contributed by atoms with E-state index in [-0.39, 0.29) is 24.0 Å². The number of methoxy groups -OCH3 is 1. The third-order valence-electron chi connectivity index (χ3n) is 9.37. The van der Waals surface area contributed by atoms with E-state index in [1.807, 2.05) is 7.11 Å². The van der Waals surface area contributed by atoms with Crippen molar-refractivity contribution in [3.8, 4) is 0 Å². The number of carbonyl (C=O) groups excluding carboxylic acids is 1. The van der Waals surface area contributed by atoms with Crippen LogP contribution in [0.25, 0.3) is 0 Å². The fourth-order valence-electron chi connectivity index (χ4n) is 8.31. The molecule has 0 heterocycles. The molecular weight excluding hydrogens is 312 g/mol. The normalized spacial score (nSPS) is 52.2. The first-order valence-corrected chi connectivity index (χ1v) is 10.6. The van der Waals surface area contributed by atoms with Gasteiger partial charge >= 0.3 is 0 Å². The first-order valence-electron chi connectivity index (χ1n) is 10.6. The summed E-state index contributed by atoms with van der Waals surface area (Å²) in [4.78, 5) is 12.9. The van der Waals surface area contributed by atoms with E-state index in [1.165, 1.54) is 38.5 Å². The SMILES string of the molecule is CO[C@H]1C[C@]2(C(C)=O)[C@@H](CO)CC[C@H]2[C@@H]2CC[C@H]3CCCC[C@]3(C)[C@H]21. The highest BCUT2D eigenvalue weighted by atomic mass is 16.5. The molecule has 0 amide bonds. The van der Waals surface area contributed by atoms with Gasteiger partial charge in [-0.2, -0.15) is 0 Å². The average Bonchev–Trinajstić information content (AvgIpc) is 3.00. The Morgan fingerprint density at radius 1 is 1.16 bits per heavy atom. The summed E-state index contributed by atoms with van der Waals surface area (Å²) in [6, 6.07) is 0. The topological polar surface area (TPSA) is 46.5 Å². The van der Waals surface area contributed by atoms with Gasteiger partial charge in [0.05, 0.1) is 6.10 Å². The highest BCUT2D eigenvalue weighted by Gasteiger charge is 2.65. The Bertz CT molecular complexity index is 531. The second kappa shape index (κ2) is 6.34. The van der Waals surface area contributed by atoms with Crippen molar-refractivity contribution < 1.29 is 14.6 Å². The van der Waals surface area contributed by atoms with Crippen LogP contribution >= 0.6 is 0 Å².